The molecular weight excluding hydrogens is 329 g/mol. The number of hydrogen-bond acceptors (Lipinski definition) is 4. The molecular formula is C17H20FN3O4. The summed E-state index contributed by atoms with van der Waals surface area (Å²) in [5.41, 5.74) is 0.00704. The average Bonchev–Trinajstić information content (AvgIpc) is 2.63. The lowest BCUT2D eigenvalue weighted by Gasteiger charge is -2.17. The number of nitrogens with one attached hydrogen (secondary N) is 3. The lowest BCUT2D eigenvalue weighted by atomic mass is 9.94. The van der Waals surface area contributed by atoms with Crippen molar-refractivity contribution in [1.82, 2.24) is 5.32 Å². The maximum Gasteiger partial charge on any atom is 0.411 e. The van der Waals surface area contributed by atoms with Crippen molar-refractivity contribution < 1.29 is 23.5 Å². The van der Waals surface area contributed by atoms with Gasteiger partial charge in [0.05, 0.1) is 12.8 Å². The molecule has 1 aromatic rings. The Morgan fingerprint density at radius 3 is 2.68 bits per heavy atom. The largest absolute Gasteiger partial charge is 0.453 e. The Balaban J connectivity index is 1.90. The van der Waals surface area contributed by atoms with E-state index in [0.29, 0.717) is 12.5 Å². The van der Waals surface area contributed by atoms with E-state index in [1.54, 1.807) is 0 Å². The van der Waals surface area contributed by atoms with E-state index in [1.165, 1.54) is 12.1 Å². The number of hydrogen-bond donors (Lipinski definition) is 3. The summed E-state index contributed by atoms with van der Waals surface area (Å²) < 4.78 is 18.0. The highest BCUT2D eigenvalue weighted by Crippen LogP contribution is 2.20. The molecule has 7 nitrogen and oxygen atoms in total. The van der Waals surface area contributed by atoms with Gasteiger partial charge in [0.15, 0.2) is 0 Å². The smallest absolute Gasteiger partial charge is 0.411 e. The lowest BCUT2D eigenvalue weighted by molar-refractivity contribution is -0.136. The number of allylic oxidation sites excluding steroid dienone is 2. The van der Waals surface area contributed by atoms with Gasteiger partial charge in [-0.3, -0.25) is 14.9 Å². The Morgan fingerprint density at radius 1 is 1.20 bits per heavy atom. The first-order chi connectivity index (χ1) is 12.0. The van der Waals surface area contributed by atoms with Gasteiger partial charge in [-0.05, 0) is 43.4 Å². The number of ether oxygens (including phenoxy) is 1. The van der Waals surface area contributed by atoms with Crippen LogP contribution in [0.15, 0.2) is 30.4 Å². The van der Waals surface area contributed by atoms with E-state index in [2.05, 4.69) is 32.8 Å². The van der Waals surface area contributed by atoms with Crippen molar-refractivity contribution in [1.29, 1.82) is 0 Å². The predicted molar refractivity (Wildman–Crippen MR) is 90.5 cm³/mol. The first-order valence-electron chi connectivity index (χ1n) is 7.88. The molecule has 134 valence electrons. The Hall–Kier alpha value is -2.90. The Kier molecular flexibility index (Phi) is 6.50. The molecule has 1 atom stereocenters. The van der Waals surface area contributed by atoms with Gasteiger partial charge in [-0.2, -0.15) is 0 Å². The Bertz CT molecular complexity index is 690. The molecule has 0 saturated heterocycles. The lowest BCUT2D eigenvalue weighted by Crippen LogP contribution is -2.38. The first kappa shape index (κ1) is 18.4. The fourth-order valence-corrected chi connectivity index (χ4v) is 2.41. The molecule has 1 aromatic carbocycles. The van der Waals surface area contributed by atoms with Crippen molar-refractivity contribution in [2.24, 2.45) is 5.92 Å². The minimum atomic E-state index is -0.859. The second-order valence-electron chi connectivity index (χ2n) is 5.63. The van der Waals surface area contributed by atoms with Crippen LogP contribution in [0.1, 0.15) is 19.3 Å². The number of carbonyl (C=O) groups is 3. The van der Waals surface area contributed by atoms with Crippen molar-refractivity contribution in [3.05, 3.63) is 36.2 Å². The van der Waals surface area contributed by atoms with Gasteiger partial charge in [-0.25, -0.2) is 9.18 Å². The van der Waals surface area contributed by atoms with Gasteiger partial charge in [0.25, 0.3) is 0 Å². The second-order valence-corrected chi connectivity index (χ2v) is 5.63. The van der Waals surface area contributed by atoms with Crippen LogP contribution in [-0.2, 0) is 14.3 Å². The first-order valence-corrected chi connectivity index (χ1v) is 7.88. The summed E-state index contributed by atoms with van der Waals surface area (Å²) in [6.07, 6.45) is 6.13. The van der Waals surface area contributed by atoms with Gasteiger partial charge in [0, 0.05) is 12.2 Å². The molecule has 0 spiro atoms. The van der Waals surface area contributed by atoms with Crippen LogP contribution in [-0.4, -0.2) is 31.6 Å². The van der Waals surface area contributed by atoms with Gasteiger partial charge in [0.2, 0.25) is 0 Å². The Morgan fingerprint density at radius 2 is 2.00 bits per heavy atom. The number of benzene rings is 1. The molecule has 3 amide bonds. The maximum atomic E-state index is 13.6. The molecule has 25 heavy (non-hydrogen) atoms. The molecule has 0 bridgehead atoms. The Labute approximate surface area is 144 Å². The number of carbonyl (C=O) groups excluding carboxylic acids is 3. The zero-order valence-corrected chi connectivity index (χ0v) is 13.8. The van der Waals surface area contributed by atoms with E-state index in [9.17, 15) is 18.8 Å². The fourth-order valence-electron chi connectivity index (χ4n) is 2.41. The van der Waals surface area contributed by atoms with Gasteiger partial charge in [-0.1, -0.05) is 12.2 Å². The van der Waals surface area contributed by atoms with Crippen LogP contribution in [0.25, 0.3) is 0 Å². The quantitative estimate of drug-likeness (QED) is 0.574. The zero-order chi connectivity index (χ0) is 18.2. The van der Waals surface area contributed by atoms with Crippen molar-refractivity contribution in [2.45, 2.75) is 19.3 Å². The second kappa shape index (κ2) is 8.81. The minimum Gasteiger partial charge on any atom is -0.453 e. The normalized spacial score (nSPS) is 16.0. The van der Waals surface area contributed by atoms with Crippen LogP contribution in [0.4, 0.5) is 20.6 Å². The molecule has 1 aliphatic rings. The van der Waals surface area contributed by atoms with Gasteiger partial charge < -0.3 is 15.4 Å². The van der Waals surface area contributed by atoms with Crippen molar-refractivity contribution >= 4 is 29.3 Å². The topological polar surface area (TPSA) is 96.5 Å². The third kappa shape index (κ3) is 5.59. The fraction of sp³-hybridized carbons (Fsp3) is 0.353. The molecule has 0 fully saturated rings. The number of methoxy groups -OCH3 is 1. The number of amides is 3. The highest BCUT2D eigenvalue weighted by Gasteiger charge is 2.17. The van der Waals surface area contributed by atoms with E-state index in [1.807, 2.05) is 0 Å². The molecule has 2 rings (SSSR count). The summed E-state index contributed by atoms with van der Waals surface area (Å²) in [6, 6.07) is 3.55. The van der Waals surface area contributed by atoms with Crippen LogP contribution < -0.4 is 16.0 Å². The molecule has 0 unspecified atom stereocenters. The van der Waals surface area contributed by atoms with Crippen molar-refractivity contribution in [3.8, 4) is 0 Å². The minimum absolute atomic E-state index is 0.168. The van der Waals surface area contributed by atoms with Crippen LogP contribution in [0.3, 0.4) is 0 Å². The molecule has 1 aliphatic carbocycles. The molecule has 0 heterocycles. The molecule has 0 aromatic heterocycles. The summed E-state index contributed by atoms with van der Waals surface area (Å²) in [4.78, 5) is 34.9. The highest BCUT2D eigenvalue weighted by atomic mass is 19.1. The van der Waals surface area contributed by atoms with Crippen LogP contribution in [0, 0.1) is 11.7 Å². The molecule has 0 saturated carbocycles. The third-order valence-corrected chi connectivity index (χ3v) is 3.78. The maximum absolute atomic E-state index is 13.6. The van der Waals surface area contributed by atoms with Gasteiger partial charge in [-0.15, -0.1) is 0 Å². The van der Waals surface area contributed by atoms with Gasteiger partial charge in [0.1, 0.15) is 5.82 Å². The zero-order valence-electron chi connectivity index (χ0n) is 13.8. The number of rotatable bonds is 4. The van der Waals surface area contributed by atoms with Crippen LogP contribution >= 0.6 is 0 Å². The molecule has 3 N–H and O–H groups in total. The van der Waals surface area contributed by atoms with E-state index in [-0.39, 0.29) is 11.4 Å². The van der Waals surface area contributed by atoms with Gasteiger partial charge >= 0.3 is 17.9 Å². The van der Waals surface area contributed by atoms with Crippen molar-refractivity contribution in [2.75, 3.05) is 24.3 Å². The van der Waals surface area contributed by atoms with Crippen LogP contribution in [0.5, 0.6) is 0 Å². The molecule has 0 radical (unpaired) electrons. The van der Waals surface area contributed by atoms with E-state index in [4.69, 9.17) is 0 Å². The summed E-state index contributed by atoms with van der Waals surface area (Å²) in [5.74, 6) is -2.00. The van der Waals surface area contributed by atoms with E-state index in [0.717, 1.165) is 32.4 Å². The predicted octanol–water partition coefficient (Wildman–Crippen LogP) is 2.42. The average molecular weight is 349 g/mol. The monoisotopic (exact) mass is 349 g/mol. The number of anilines is 2. The van der Waals surface area contributed by atoms with Crippen LogP contribution in [0.2, 0.25) is 0 Å². The third-order valence-electron chi connectivity index (χ3n) is 3.78. The van der Waals surface area contributed by atoms with E-state index < -0.39 is 23.7 Å². The molecule has 0 aliphatic heterocycles. The standard InChI is InChI=1S/C17H20FN3O4/c1-25-17(24)21-14-9-12(7-8-13(14)18)20-16(23)15(22)19-10-11-5-3-2-4-6-11/h2-3,7-9,11H,4-6,10H2,1H3,(H,19,22)(H,20,23)(H,21,24)/t11-/m1/s1. The number of halogens is 1. The summed E-state index contributed by atoms with van der Waals surface area (Å²) in [7, 11) is 1.14. The SMILES string of the molecule is COC(=O)Nc1cc(NC(=O)C(=O)NC[C@@H]2CC=CCC2)ccc1F. The van der Waals surface area contributed by atoms with E-state index >= 15 is 0 Å². The summed E-state index contributed by atoms with van der Waals surface area (Å²) in [6.45, 7) is 0.426. The highest BCUT2D eigenvalue weighted by molar-refractivity contribution is 6.39. The summed E-state index contributed by atoms with van der Waals surface area (Å²) in [5, 5.41) is 7.13. The molecule has 8 heteroatoms. The summed E-state index contributed by atoms with van der Waals surface area (Å²) >= 11 is 0. The van der Waals surface area contributed by atoms with Crippen molar-refractivity contribution in [3.63, 3.8) is 0 Å².